The lowest BCUT2D eigenvalue weighted by Crippen LogP contribution is -2.32. The van der Waals surface area contributed by atoms with Crippen LogP contribution in [0.4, 0.5) is 4.39 Å². The maximum Gasteiger partial charge on any atom is 0.276 e. The number of benzene rings is 1. The normalized spacial score (nSPS) is 20.4. The van der Waals surface area contributed by atoms with Crippen LogP contribution in [-0.4, -0.2) is 43.6 Å². The van der Waals surface area contributed by atoms with Gasteiger partial charge in [0.15, 0.2) is 5.69 Å². The smallest absolute Gasteiger partial charge is 0.276 e. The van der Waals surface area contributed by atoms with Gasteiger partial charge >= 0.3 is 0 Å². The van der Waals surface area contributed by atoms with E-state index >= 15 is 0 Å². The zero-order valence-electron chi connectivity index (χ0n) is 14.5. The van der Waals surface area contributed by atoms with Crippen molar-refractivity contribution in [1.82, 2.24) is 19.9 Å². The highest BCUT2D eigenvalue weighted by atomic mass is 19.1. The highest BCUT2D eigenvalue weighted by Crippen LogP contribution is 2.33. The van der Waals surface area contributed by atoms with Gasteiger partial charge in [0.1, 0.15) is 5.82 Å². The molecule has 2 aromatic rings. The van der Waals surface area contributed by atoms with Crippen LogP contribution in [0.2, 0.25) is 0 Å². The first-order chi connectivity index (χ1) is 11.9. The molecule has 1 aromatic carbocycles. The lowest BCUT2D eigenvalue weighted by molar-refractivity contribution is 0.0709. The number of hydrogen-bond donors (Lipinski definition) is 1. The molecule has 0 spiro atoms. The fourth-order valence-corrected chi connectivity index (χ4v) is 3.11. The molecule has 2 heterocycles. The van der Waals surface area contributed by atoms with Gasteiger partial charge in [-0.15, -0.1) is 5.10 Å². The molecule has 0 aliphatic carbocycles. The number of likely N-dealkylation sites (tertiary alicyclic amines) is 1. The standard InChI is InChI=1S/C18H23FN4O2/c1-12(2)6-7-22-11-16(20-21-22)18(25)23-10-15(24)9-17(23)13-4-3-5-14(19)8-13/h3-5,8,11-12,15,17,24H,6-7,9-10H2,1-2H3/t15-,17-/m1/s1. The molecule has 2 atom stereocenters. The quantitative estimate of drug-likeness (QED) is 0.902. The van der Waals surface area contributed by atoms with E-state index in [4.69, 9.17) is 0 Å². The third-order valence-corrected chi connectivity index (χ3v) is 4.47. The zero-order valence-corrected chi connectivity index (χ0v) is 14.5. The van der Waals surface area contributed by atoms with E-state index in [1.807, 2.05) is 0 Å². The summed E-state index contributed by atoms with van der Waals surface area (Å²) in [5.74, 6) is -0.109. The van der Waals surface area contributed by atoms with Crippen molar-refractivity contribution in [3.8, 4) is 0 Å². The fraction of sp³-hybridized carbons (Fsp3) is 0.500. The van der Waals surface area contributed by atoms with Crippen LogP contribution in [0.15, 0.2) is 30.5 Å². The molecule has 1 fully saturated rings. The van der Waals surface area contributed by atoms with Crippen molar-refractivity contribution in [3.63, 3.8) is 0 Å². The van der Waals surface area contributed by atoms with Gasteiger partial charge in [0.2, 0.25) is 0 Å². The van der Waals surface area contributed by atoms with Gasteiger partial charge in [0.05, 0.1) is 18.3 Å². The Morgan fingerprint density at radius 3 is 2.96 bits per heavy atom. The van der Waals surface area contributed by atoms with E-state index in [0.29, 0.717) is 24.4 Å². The second-order valence-corrected chi connectivity index (χ2v) is 6.97. The van der Waals surface area contributed by atoms with Crippen molar-refractivity contribution in [2.45, 2.75) is 45.4 Å². The molecule has 1 amide bonds. The van der Waals surface area contributed by atoms with Gasteiger partial charge in [0, 0.05) is 13.1 Å². The Labute approximate surface area is 146 Å². The Morgan fingerprint density at radius 1 is 1.44 bits per heavy atom. The minimum Gasteiger partial charge on any atom is -0.391 e. The van der Waals surface area contributed by atoms with Crippen LogP contribution in [0.25, 0.3) is 0 Å². The van der Waals surface area contributed by atoms with Gasteiger partial charge in [0.25, 0.3) is 5.91 Å². The number of halogens is 1. The second-order valence-electron chi connectivity index (χ2n) is 6.97. The van der Waals surface area contributed by atoms with Crippen molar-refractivity contribution < 1.29 is 14.3 Å². The van der Waals surface area contributed by atoms with Crippen molar-refractivity contribution >= 4 is 5.91 Å². The summed E-state index contributed by atoms with van der Waals surface area (Å²) in [6.07, 6.45) is 2.34. The van der Waals surface area contributed by atoms with Crippen LogP contribution in [-0.2, 0) is 6.54 Å². The Balaban J connectivity index is 1.78. The molecule has 1 N–H and O–H groups in total. The Morgan fingerprint density at radius 2 is 2.24 bits per heavy atom. The summed E-state index contributed by atoms with van der Waals surface area (Å²) in [5.41, 5.74) is 0.927. The number of rotatable bonds is 5. The number of nitrogens with zero attached hydrogens (tertiary/aromatic N) is 4. The maximum absolute atomic E-state index is 13.5. The lowest BCUT2D eigenvalue weighted by atomic mass is 10.0. The Bertz CT molecular complexity index is 746. The van der Waals surface area contributed by atoms with Gasteiger partial charge in [-0.25, -0.2) is 4.39 Å². The summed E-state index contributed by atoms with van der Waals surface area (Å²) >= 11 is 0. The number of β-amino-alcohol motifs (C(OH)–C–C–N with tert-alkyl or cyclic N) is 1. The first-order valence-electron chi connectivity index (χ1n) is 8.58. The highest BCUT2D eigenvalue weighted by molar-refractivity contribution is 5.92. The van der Waals surface area contributed by atoms with Gasteiger partial charge in [-0.1, -0.05) is 31.2 Å². The van der Waals surface area contributed by atoms with E-state index in [-0.39, 0.29) is 30.0 Å². The van der Waals surface area contributed by atoms with E-state index < -0.39 is 6.10 Å². The number of aromatic nitrogens is 3. The Kier molecular flexibility index (Phi) is 5.13. The van der Waals surface area contributed by atoms with E-state index in [0.717, 1.165) is 6.42 Å². The molecular formula is C18H23FN4O2. The largest absolute Gasteiger partial charge is 0.391 e. The summed E-state index contributed by atoms with van der Waals surface area (Å²) in [6, 6.07) is 5.79. The van der Waals surface area contributed by atoms with Gasteiger partial charge in [-0.3, -0.25) is 9.48 Å². The molecule has 0 bridgehead atoms. The first kappa shape index (κ1) is 17.5. The molecular weight excluding hydrogens is 323 g/mol. The minimum atomic E-state index is -0.631. The van der Waals surface area contributed by atoms with Crippen LogP contribution in [0, 0.1) is 11.7 Å². The van der Waals surface area contributed by atoms with Crippen LogP contribution >= 0.6 is 0 Å². The minimum absolute atomic E-state index is 0.207. The fourth-order valence-electron chi connectivity index (χ4n) is 3.11. The van der Waals surface area contributed by atoms with E-state index in [2.05, 4.69) is 24.2 Å². The summed E-state index contributed by atoms with van der Waals surface area (Å²) < 4.78 is 15.2. The molecule has 1 aromatic heterocycles. The SMILES string of the molecule is CC(C)CCn1cc(C(=O)N2C[C@H](O)C[C@@H]2c2cccc(F)c2)nn1. The first-order valence-corrected chi connectivity index (χ1v) is 8.58. The van der Waals surface area contributed by atoms with Crippen molar-refractivity contribution in [2.24, 2.45) is 5.92 Å². The van der Waals surface area contributed by atoms with E-state index in [9.17, 15) is 14.3 Å². The molecule has 1 saturated heterocycles. The topological polar surface area (TPSA) is 71.2 Å². The van der Waals surface area contributed by atoms with Crippen molar-refractivity contribution in [1.29, 1.82) is 0 Å². The number of aryl methyl sites for hydroxylation is 1. The molecule has 1 aliphatic heterocycles. The summed E-state index contributed by atoms with van der Waals surface area (Å²) in [6.45, 7) is 5.16. The van der Waals surface area contributed by atoms with E-state index in [1.54, 1.807) is 27.9 Å². The summed E-state index contributed by atoms with van der Waals surface area (Å²) in [7, 11) is 0. The zero-order chi connectivity index (χ0) is 18.0. The number of aliphatic hydroxyl groups is 1. The number of amides is 1. The third kappa shape index (κ3) is 4.04. The van der Waals surface area contributed by atoms with Crippen LogP contribution in [0.5, 0.6) is 0 Å². The number of aliphatic hydroxyl groups excluding tert-OH is 1. The molecule has 1 aliphatic rings. The summed E-state index contributed by atoms with van der Waals surface area (Å²) in [5, 5.41) is 18.0. The third-order valence-electron chi connectivity index (χ3n) is 4.47. The molecule has 0 unspecified atom stereocenters. The molecule has 3 rings (SSSR count). The van der Waals surface area contributed by atoms with Crippen LogP contribution in [0.3, 0.4) is 0 Å². The number of carbonyl (C=O) groups is 1. The second kappa shape index (κ2) is 7.31. The predicted octanol–water partition coefficient (Wildman–Crippen LogP) is 2.41. The maximum atomic E-state index is 13.5. The van der Waals surface area contributed by atoms with Crippen LogP contribution in [0.1, 0.15) is 48.8 Å². The summed E-state index contributed by atoms with van der Waals surface area (Å²) in [4.78, 5) is 14.4. The molecule has 6 nitrogen and oxygen atoms in total. The van der Waals surface area contributed by atoms with Gasteiger partial charge < -0.3 is 10.0 Å². The molecule has 134 valence electrons. The molecule has 0 saturated carbocycles. The van der Waals surface area contributed by atoms with Gasteiger partial charge in [-0.2, -0.15) is 0 Å². The lowest BCUT2D eigenvalue weighted by Gasteiger charge is -2.23. The highest BCUT2D eigenvalue weighted by Gasteiger charge is 2.36. The van der Waals surface area contributed by atoms with Crippen molar-refractivity contribution in [2.75, 3.05) is 6.54 Å². The van der Waals surface area contributed by atoms with Crippen LogP contribution < -0.4 is 0 Å². The average molecular weight is 346 g/mol. The van der Waals surface area contributed by atoms with Gasteiger partial charge in [-0.05, 0) is 36.5 Å². The van der Waals surface area contributed by atoms with Crippen molar-refractivity contribution in [3.05, 3.63) is 47.5 Å². The average Bonchev–Trinajstić information content (AvgIpc) is 3.19. The Hall–Kier alpha value is -2.28. The molecule has 0 radical (unpaired) electrons. The molecule has 25 heavy (non-hydrogen) atoms. The van der Waals surface area contributed by atoms with E-state index in [1.165, 1.54) is 12.1 Å². The molecule has 7 heteroatoms. The monoisotopic (exact) mass is 346 g/mol. The number of carbonyl (C=O) groups excluding carboxylic acids is 1. The number of hydrogen-bond acceptors (Lipinski definition) is 4. The predicted molar refractivity (Wildman–Crippen MR) is 90.3 cm³/mol.